The van der Waals surface area contributed by atoms with E-state index in [2.05, 4.69) is 0 Å². The molecule has 0 aliphatic rings. The van der Waals surface area contributed by atoms with Crippen molar-refractivity contribution in [2.75, 3.05) is 13.6 Å². The lowest BCUT2D eigenvalue weighted by Gasteiger charge is -1.95. The molecule has 0 saturated heterocycles. The summed E-state index contributed by atoms with van der Waals surface area (Å²) in [4.78, 5) is 10.6. The van der Waals surface area contributed by atoms with E-state index in [0.717, 1.165) is 17.9 Å². The van der Waals surface area contributed by atoms with E-state index in [9.17, 15) is 4.79 Å². The average molecular weight is 88.1 g/mol. The molecule has 1 amide bonds. The zero-order valence-electron chi connectivity index (χ0n) is 4.19. The fraction of sp³-hybridized carbons (Fsp3) is 0.750. The Morgan fingerprint density at radius 2 is 2.33 bits per heavy atom. The standard InChI is InChI=1S/C4H9NO/c1-3-5(2)4-6/h4H,3H2,1-2H3/p+1. The minimum atomic E-state index is 0.878. The molecule has 0 heterocycles. The number of hydrogen-bond donors (Lipinski definition) is 1. The third kappa shape index (κ3) is 1.91. The van der Waals surface area contributed by atoms with Gasteiger partial charge in [0, 0.05) is 0 Å². The molecule has 1 N–H and O–H groups in total. The van der Waals surface area contributed by atoms with Gasteiger partial charge in [-0.25, -0.2) is 4.79 Å². The van der Waals surface area contributed by atoms with Gasteiger partial charge in [0.25, 0.3) is 6.41 Å². The van der Waals surface area contributed by atoms with E-state index in [4.69, 9.17) is 0 Å². The molecule has 0 rings (SSSR count). The van der Waals surface area contributed by atoms with E-state index in [-0.39, 0.29) is 0 Å². The molecule has 0 aliphatic heterocycles. The molecular weight excluding hydrogens is 78.0 g/mol. The Morgan fingerprint density at radius 3 is 2.33 bits per heavy atom. The Bertz CT molecular complexity index is 44.8. The number of hydrogen-bond acceptors (Lipinski definition) is 1. The smallest absolute Gasteiger partial charge is 0.277 e. The van der Waals surface area contributed by atoms with Crippen LogP contribution in [-0.2, 0) is 4.79 Å². The van der Waals surface area contributed by atoms with E-state index in [1.54, 1.807) is 0 Å². The molecule has 0 aromatic heterocycles. The molecule has 0 aliphatic carbocycles. The molecular formula is C4H10NO+. The van der Waals surface area contributed by atoms with Crippen molar-refractivity contribution in [3.8, 4) is 0 Å². The summed E-state index contributed by atoms with van der Waals surface area (Å²) in [7, 11) is 1.83. The van der Waals surface area contributed by atoms with Crippen molar-refractivity contribution < 1.29 is 9.69 Å². The lowest BCUT2D eigenvalue weighted by atomic mass is 10.7. The van der Waals surface area contributed by atoms with Gasteiger partial charge in [-0.1, -0.05) is 0 Å². The maximum absolute atomic E-state index is 9.70. The first-order chi connectivity index (χ1) is 2.81. The zero-order chi connectivity index (χ0) is 4.99. The van der Waals surface area contributed by atoms with Crippen LogP contribution in [0.3, 0.4) is 0 Å². The molecule has 2 heteroatoms. The third-order valence-electron chi connectivity index (χ3n) is 0.759. The van der Waals surface area contributed by atoms with Crippen molar-refractivity contribution in [2.45, 2.75) is 6.92 Å². The van der Waals surface area contributed by atoms with Gasteiger partial charge >= 0.3 is 0 Å². The molecule has 0 radical (unpaired) electrons. The Balaban J connectivity index is 2.96. The Kier molecular flexibility index (Phi) is 2.67. The van der Waals surface area contributed by atoms with Crippen molar-refractivity contribution in [1.29, 1.82) is 0 Å². The first-order valence-electron chi connectivity index (χ1n) is 2.09. The summed E-state index contributed by atoms with van der Waals surface area (Å²) in [6, 6.07) is 0. The fourth-order valence-electron chi connectivity index (χ4n) is 0.0833. The van der Waals surface area contributed by atoms with Crippen LogP contribution in [0.2, 0.25) is 0 Å². The van der Waals surface area contributed by atoms with E-state index < -0.39 is 0 Å². The Hall–Kier alpha value is -0.370. The molecule has 0 saturated carbocycles. The zero-order valence-corrected chi connectivity index (χ0v) is 4.19. The summed E-state index contributed by atoms with van der Waals surface area (Å²) in [5, 5.41) is 0. The van der Waals surface area contributed by atoms with Gasteiger partial charge in [-0.2, -0.15) is 0 Å². The number of quaternary nitrogens is 1. The van der Waals surface area contributed by atoms with Gasteiger partial charge in [0.15, 0.2) is 0 Å². The first kappa shape index (κ1) is 5.63. The quantitative estimate of drug-likeness (QED) is 0.415. The monoisotopic (exact) mass is 88.1 g/mol. The fourth-order valence-corrected chi connectivity index (χ4v) is 0.0833. The molecule has 0 fully saturated rings. The van der Waals surface area contributed by atoms with Gasteiger partial charge in [-0.15, -0.1) is 0 Å². The maximum Gasteiger partial charge on any atom is 0.299 e. The normalized spacial score (nSPS) is 13.7. The van der Waals surface area contributed by atoms with Gasteiger partial charge in [0.2, 0.25) is 0 Å². The van der Waals surface area contributed by atoms with E-state index in [1.165, 1.54) is 0 Å². The second-order valence-corrected chi connectivity index (χ2v) is 1.32. The summed E-state index contributed by atoms with van der Waals surface area (Å²) in [5.74, 6) is 0. The summed E-state index contributed by atoms with van der Waals surface area (Å²) in [6.07, 6.45) is 0.889. The Labute approximate surface area is 37.8 Å². The molecule has 1 atom stereocenters. The number of amides is 1. The SMILES string of the molecule is CC[NH+](C)C=O. The molecule has 36 valence electrons. The van der Waals surface area contributed by atoms with Crippen molar-refractivity contribution in [3.05, 3.63) is 0 Å². The highest BCUT2D eigenvalue weighted by atomic mass is 16.1. The summed E-state index contributed by atoms with van der Waals surface area (Å²) >= 11 is 0. The van der Waals surface area contributed by atoms with Crippen LogP contribution in [0, 0.1) is 0 Å². The highest BCUT2D eigenvalue weighted by Crippen LogP contribution is 1.27. The lowest BCUT2D eigenvalue weighted by molar-refractivity contribution is -0.785. The summed E-state index contributed by atoms with van der Waals surface area (Å²) in [5.41, 5.74) is 0. The Morgan fingerprint density at radius 1 is 1.83 bits per heavy atom. The van der Waals surface area contributed by atoms with Crippen LogP contribution in [-0.4, -0.2) is 20.0 Å². The van der Waals surface area contributed by atoms with Crippen molar-refractivity contribution in [3.63, 3.8) is 0 Å². The molecule has 1 unspecified atom stereocenters. The lowest BCUT2D eigenvalue weighted by Crippen LogP contribution is -3.07. The van der Waals surface area contributed by atoms with Crippen LogP contribution >= 0.6 is 0 Å². The van der Waals surface area contributed by atoms with Crippen LogP contribution in [0.25, 0.3) is 0 Å². The van der Waals surface area contributed by atoms with Gasteiger partial charge < -0.3 is 0 Å². The maximum atomic E-state index is 9.70. The molecule has 0 aromatic carbocycles. The number of rotatable bonds is 2. The molecule has 6 heavy (non-hydrogen) atoms. The largest absolute Gasteiger partial charge is 0.299 e. The highest BCUT2D eigenvalue weighted by Gasteiger charge is 1.86. The van der Waals surface area contributed by atoms with Gasteiger partial charge in [0.1, 0.15) is 0 Å². The van der Waals surface area contributed by atoms with Gasteiger partial charge in [0.05, 0.1) is 13.6 Å². The molecule has 0 bridgehead atoms. The predicted octanol–water partition coefficient (Wildman–Crippen LogP) is -1.32. The third-order valence-corrected chi connectivity index (χ3v) is 0.759. The van der Waals surface area contributed by atoms with Crippen molar-refractivity contribution in [1.82, 2.24) is 0 Å². The first-order valence-corrected chi connectivity index (χ1v) is 2.09. The second-order valence-electron chi connectivity index (χ2n) is 1.32. The molecule has 0 spiro atoms. The summed E-state index contributed by atoms with van der Waals surface area (Å²) in [6.45, 7) is 2.84. The van der Waals surface area contributed by atoms with Crippen LogP contribution < -0.4 is 4.90 Å². The summed E-state index contributed by atoms with van der Waals surface area (Å²) < 4.78 is 0. The predicted molar refractivity (Wildman–Crippen MR) is 23.5 cm³/mol. The van der Waals surface area contributed by atoms with Crippen LogP contribution in [0.5, 0.6) is 0 Å². The van der Waals surface area contributed by atoms with Crippen LogP contribution in [0.4, 0.5) is 0 Å². The number of carbonyl (C=O) groups is 1. The average Bonchev–Trinajstić information content (AvgIpc) is 1.65. The minimum Gasteiger partial charge on any atom is -0.277 e. The van der Waals surface area contributed by atoms with Gasteiger partial charge in [-0.3, -0.25) is 4.90 Å². The van der Waals surface area contributed by atoms with E-state index >= 15 is 0 Å². The molecule has 2 nitrogen and oxygen atoms in total. The second kappa shape index (κ2) is 2.85. The van der Waals surface area contributed by atoms with Crippen molar-refractivity contribution >= 4 is 6.41 Å². The number of nitrogens with one attached hydrogen (secondary N) is 1. The number of carbonyl (C=O) groups excluding carboxylic acids is 1. The van der Waals surface area contributed by atoms with Crippen LogP contribution in [0.15, 0.2) is 0 Å². The van der Waals surface area contributed by atoms with Crippen molar-refractivity contribution in [2.24, 2.45) is 0 Å². The minimum absolute atomic E-state index is 0.878. The topological polar surface area (TPSA) is 21.5 Å². The van der Waals surface area contributed by atoms with E-state index in [0.29, 0.717) is 0 Å². The molecule has 0 aromatic rings. The van der Waals surface area contributed by atoms with Crippen LogP contribution in [0.1, 0.15) is 6.92 Å². The van der Waals surface area contributed by atoms with Gasteiger partial charge in [-0.05, 0) is 6.92 Å². The van der Waals surface area contributed by atoms with E-state index in [1.807, 2.05) is 14.0 Å². The highest BCUT2D eigenvalue weighted by molar-refractivity contribution is 5.32.